The Hall–Kier alpha value is -1.08. The molecule has 74 valence electrons. The van der Waals surface area contributed by atoms with Gasteiger partial charge in [0, 0.05) is 11.3 Å². The van der Waals surface area contributed by atoms with Crippen molar-refractivity contribution >= 4 is 0 Å². The smallest absolute Gasteiger partial charge is 0.229 e. The summed E-state index contributed by atoms with van der Waals surface area (Å²) in [5.74, 6) is 2.56. The van der Waals surface area contributed by atoms with Crippen LogP contribution in [0.25, 0.3) is 0 Å². The minimum atomic E-state index is -0.361. The summed E-state index contributed by atoms with van der Waals surface area (Å²) in [6, 6.07) is 0. The Morgan fingerprint density at radius 2 is 2.23 bits per heavy atom. The van der Waals surface area contributed by atoms with E-state index >= 15 is 0 Å². The minimum Gasteiger partial charge on any atom is -0.370 e. The fourth-order valence-electron chi connectivity index (χ4n) is 0.872. The lowest BCUT2D eigenvalue weighted by molar-refractivity contribution is -0.493. The fraction of sp³-hybridized carbons (Fsp3) is 0.778. The van der Waals surface area contributed by atoms with Crippen LogP contribution in [0.3, 0.4) is 0 Å². The summed E-state index contributed by atoms with van der Waals surface area (Å²) in [4.78, 5) is 9.87. The third-order valence-electron chi connectivity index (χ3n) is 1.65. The van der Waals surface area contributed by atoms with Crippen molar-refractivity contribution in [3.63, 3.8) is 0 Å². The lowest BCUT2D eigenvalue weighted by Crippen LogP contribution is -2.28. The normalized spacial score (nSPS) is 12.5. The molecule has 0 bridgehead atoms. The predicted molar refractivity (Wildman–Crippen MR) is 49.9 cm³/mol. The second-order valence-corrected chi connectivity index (χ2v) is 3.12. The molecule has 13 heavy (non-hydrogen) atoms. The van der Waals surface area contributed by atoms with Crippen LogP contribution in [-0.2, 0) is 4.74 Å². The van der Waals surface area contributed by atoms with Gasteiger partial charge in [-0.3, -0.25) is 10.1 Å². The van der Waals surface area contributed by atoms with Gasteiger partial charge in [0.1, 0.15) is 6.10 Å². The molecule has 4 heteroatoms. The molecule has 1 atom stereocenters. The molecule has 0 aromatic rings. The Labute approximate surface area is 78.4 Å². The third-order valence-corrected chi connectivity index (χ3v) is 1.65. The Bertz CT molecular complexity index is 196. The molecule has 0 fully saturated rings. The van der Waals surface area contributed by atoms with Crippen LogP contribution < -0.4 is 0 Å². The maximum atomic E-state index is 10.2. The molecular weight excluding hydrogens is 170 g/mol. The molecule has 0 saturated heterocycles. The molecule has 0 heterocycles. The van der Waals surface area contributed by atoms with Crippen LogP contribution in [0.5, 0.6) is 0 Å². The average molecular weight is 185 g/mol. The van der Waals surface area contributed by atoms with Gasteiger partial charge in [-0.1, -0.05) is 13.8 Å². The zero-order valence-electron chi connectivity index (χ0n) is 8.03. The molecule has 0 N–H and O–H groups in total. The molecule has 0 aliphatic carbocycles. The second-order valence-electron chi connectivity index (χ2n) is 3.12. The fourth-order valence-corrected chi connectivity index (χ4v) is 0.872. The van der Waals surface area contributed by atoms with Gasteiger partial charge in [0.25, 0.3) is 0 Å². The standard InChI is InChI=1S/C9H15NO3/c1-4-5-6-13-9(8(2)3)7-10(11)12/h1,8-9H,5-7H2,2-3H3. The molecule has 4 nitrogen and oxygen atoms in total. The molecule has 0 spiro atoms. The lowest BCUT2D eigenvalue weighted by atomic mass is 10.1. The van der Waals surface area contributed by atoms with Crippen molar-refractivity contribution in [3.05, 3.63) is 10.1 Å². The van der Waals surface area contributed by atoms with E-state index in [4.69, 9.17) is 11.2 Å². The molecular formula is C9H15NO3. The van der Waals surface area contributed by atoms with Crippen molar-refractivity contribution in [2.45, 2.75) is 26.4 Å². The molecule has 0 aliphatic heterocycles. The average Bonchev–Trinajstić information content (AvgIpc) is 2.02. The summed E-state index contributed by atoms with van der Waals surface area (Å²) in [6.07, 6.45) is 5.20. The molecule has 1 unspecified atom stereocenters. The van der Waals surface area contributed by atoms with Crippen LogP contribution in [-0.4, -0.2) is 24.2 Å². The Kier molecular flexibility index (Phi) is 5.90. The van der Waals surface area contributed by atoms with Crippen LogP contribution in [0, 0.1) is 28.4 Å². The van der Waals surface area contributed by atoms with E-state index in [9.17, 15) is 10.1 Å². The number of hydrogen-bond donors (Lipinski definition) is 0. The molecule has 0 aromatic heterocycles. The molecule has 0 aliphatic rings. The van der Waals surface area contributed by atoms with E-state index in [1.165, 1.54) is 0 Å². The summed E-state index contributed by atoms with van der Waals surface area (Å²) >= 11 is 0. The van der Waals surface area contributed by atoms with Crippen LogP contribution >= 0.6 is 0 Å². The first-order valence-corrected chi connectivity index (χ1v) is 4.24. The zero-order chi connectivity index (χ0) is 10.3. The van der Waals surface area contributed by atoms with E-state index in [0.29, 0.717) is 13.0 Å². The molecule has 0 amide bonds. The number of nitro groups is 1. The van der Waals surface area contributed by atoms with E-state index in [1.54, 1.807) is 0 Å². The minimum absolute atomic E-state index is 0.142. The maximum absolute atomic E-state index is 10.2. The van der Waals surface area contributed by atoms with E-state index in [0.717, 1.165) is 0 Å². The zero-order valence-corrected chi connectivity index (χ0v) is 8.03. The molecule has 0 saturated carbocycles. The topological polar surface area (TPSA) is 52.4 Å². The van der Waals surface area contributed by atoms with Crippen molar-refractivity contribution in [2.75, 3.05) is 13.2 Å². The van der Waals surface area contributed by atoms with Gasteiger partial charge in [-0.15, -0.1) is 12.3 Å². The van der Waals surface area contributed by atoms with E-state index in [2.05, 4.69) is 5.92 Å². The summed E-state index contributed by atoms with van der Waals surface area (Å²) in [7, 11) is 0. The van der Waals surface area contributed by atoms with E-state index in [1.807, 2.05) is 13.8 Å². The molecule has 0 aromatic carbocycles. The van der Waals surface area contributed by atoms with Crippen LogP contribution in [0.4, 0.5) is 0 Å². The number of rotatable bonds is 6. The Balaban J connectivity index is 3.82. The van der Waals surface area contributed by atoms with Gasteiger partial charge in [0.15, 0.2) is 0 Å². The Morgan fingerprint density at radius 1 is 1.62 bits per heavy atom. The SMILES string of the molecule is C#CCCOC(C[N+](=O)[O-])C(C)C. The number of terminal acetylenes is 1. The monoisotopic (exact) mass is 185 g/mol. The van der Waals surface area contributed by atoms with Crippen LogP contribution in [0.1, 0.15) is 20.3 Å². The van der Waals surface area contributed by atoms with Gasteiger partial charge in [-0.05, 0) is 5.92 Å². The van der Waals surface area contributed by atoms with Crippen molar-refractivity contribution in [1.82, 2.24) is 0 Å². The highest BCUT2D eigenvalue weighted by Gasteiger charge is 2.19. The lowest BCUT2D eigenvalue weighted by Gasteiger charge is -2.16. The highest BCUT2D eigenvalue weighted by Crippen LogP contribution is 2.07. The molecule has 0 radical (unpaired) electrons. The maximum Gasteiger partial charge on any atom is 0.229 e. The van der Waals surface area contributed by atoms with Gasteiger partial charge in [-0.2, -0.15) is 0 Å². The van der Waals surface area contributed by atoms with Gasteiger partial charge in [-0.25, -0.2) is 0 Å². The van der Waals surface area contributed by atoms with Gasteiger partial charge in [0.05, 0.1) is 6.61 Å². The Morgan fingerprint density at radius 3 is 2.62 bits per heavy atom. The highest BCUT2D eigenvalue weighted by molar-refractivity contribution is 4.83. The first-order valence-electron chi connectivity index (χ1n) is 4.24. The van der Waals surface area contributed by atoms with Gasteiger partial charge < -0.3 is 4.74 Å². The number of ether oxygens (including phenoxy) is 1. The number of nitrogens with zero attached hydrogens (tertiary/aromatic N) is 1. The summed E-state index contributed by atoms with van der Waals surface area (Å²) in [5, 5.41) is 10.2. The van der Waals surface area contributed by atoms with E-state index in [-0.39, 0.29) is 23.5 Å². The van der Waals surface area contributed by atoms with E-state index < -0.39 is 0 Å². The van der Waals surface area contributed by atoms with Crippen molar-refractivity contribution in [1.29, 1.82) is 0 Å². The second kappa shape index (κ2) is 6.44. The van der Waals surface area contributed by atoms with Crippen molar-refractivity contribution in [3.8, 4) is 12.3 Å². The van der Waals surface area contributed by atoms with Gasteiger partial charge in [0.2, 0.25) is 6.54 Å². The summed E-state index contributed by atoms with van der Waals surface area (Å²) < 4.78 is 5.27. The van der Waals surface area contributed by atoms with Gasteiger partial charge >= 0.3 is 0 Å². The third kappa shape index (κ3) is 6.12. The summed E-state index contributed by atoms with van der Waals surface area (Å²) in [5.41, 5.74) is 0. The first kappa shape index (κ1) is 11.9. The largest absolute Gasteiger partial charge is 0.370 e. The quantitative estimate of drug-likeness (QED) is 0.271. The van der Waals surface area contributed by atoms with Crippen molar-refractivity contribution < 1.29 is 9.66 Å². The number of hydrogen-bond acceptors (Lipinski definition) is 3. The van der Waals surface area contributed by atoms with Crippen molar-refractivity contribution in [2.24, 2.45) is 5.92 Å². The highest BCUT2D eigenvalue weighted by atomic mass is 16.6. The first-order chi connectivity index (χ1) is 6.07. The predicted octanol–water partition coefficient (Wildman–Crippen LogP) is 1.33. The van der Waals surface area contributed by atoms with Crippen LogP contribution in [0.15, 0.2) is 0 Å². The summed E-state index contributed by atoms with van der Waals surface area (Å²) in [6.45, 7) is 4.03. The van der Waals surface area contributed by atoms with Crippen LogP contribution in [0.2, 0.25) is 0 Å². The molecule has 0 rings (SSSR count).